The fraction of sp³-hybridized carbons (Fsp3) is 0.500. The Morgan fingerprint density at radius 2 is 2.25 bits per heavy atom. The second-order valence-electron chi connectivity index (χ2n) is 2.37. The third kappa shape index (κ3) is 5.74. The van der Waals surface area contributed by atoms with Crippen LogP contribution in [0.25, 0.3) is 0 Å². The monoisotopic (exact) mass is 110 g/mol. The molecular formula is C8H14. The lowest BCUT2D eigenvalue weighted by molar-refractivity contribution is 0.806. The van der Waals surface area contributed by atoms with Crippen LogP contribution in [-0.4, -0.2) is 0 Å². The Morgan fingerprint density at radius 3 is 2.38 bits per heavy atom. The summed E-state index contributed by atoms with van der Waals surface area (Å²) in [6.45, 7) is 11.7. The third-order valence-corrected chi connectivity index (χ3v) is 0.869. The van der Waals surface area contributed by atoms with E-state index in [9.17, 15) is 0 Å². The van der Waals surface area contributed by atoms with Gasteiger partial charge in [0, 0.05) is 0 Å². The zero-order valence-corrected chi connectivity index (χ0v) is 5.78. The van der Waals surface area contributed by atoms with Gasteiger partial charge in [-0.2, -0.15) is 0 Å². The van der Waals surface area contributed by atoms with Crippen LogP contribution in [0.1, 0.15) is 20.3 Å². The predicted molar refractivity (Wildman–Crippen MR) is 38.3 cm³/mol. The van der Waals surface area contributed by atoms with E-state index in [0.717, 1.165) is 6.42 Å². The molecule has 0 aliphatic heterocycles. The summed E-state index contributed by atoms with van der Waals surface area (Å²) in [6, 6.07) is 0. The minimum Gasteiger partial charge on any atom is -0.100 e. The topological polar surface area (TPSA) is 0 Å². The Balaban J connectivity index is 3.05. The van der Waals surface area contributed by atoms with Crippen LogP contribution in [-0.2, 0) is 0 Å². The first-order chi connectivity index (χ1) is 3.63. The molecule has 0 nitrogen and oxygen atoms in total. The van der Waals surface area contributed by atoms with Crippen LogP contribution in [0.2, 0.25) is 0 Å². The molecule has 0 saturated heterocycles. The van der Waals surface area contributed by atoms with E-state index in [1.54, 1.807) is 0 Å². The minimum absolute atomic E-state index is 0.451. The summed E-state index contributed by atoms with van der Waals surface area (Å²) < 4.78 is 0. The van der Waals surface area contributed by atoms with Crippen LogP contribution >= 0.6 is 0 Å². The van der Waals surface area contributed by atoms with Crippen molar-refractivity contribution >= 4 is 0 Å². The molecule has 0 fully saturated rings. The van der Waals surface area contributed by atoms with E-state index < -0.39 is 0 Å². The average Bonchev–Trinajstić information content (AvgIpc) is 1.61. The predicted octanol–water partition coefficient (Wildman–Crippen LogP) is 2.63. The Bertz CT molecular complexity index is 70.1. The molecule has 1 unspecified atom stereocenters. The van der Waals surface area contributed by atoms with E-state index >= 15 is 0 Å². The van der Waals surface area contributed by atoms with Crippen LogP contribution in [0.15, 0.2) is 12.2 Å². The lowest BCUT2D eigenvalue weighted by Crippen LogP contribution is -1.87. The molecule has 0 aliphatic carbocycles. The molecule has 0 N–H and O–H groups in total. The van der Waals surface area contributed by atoms with Crippen molar-refractivity contribution in [3.8, 4) is 0 Å². The SMILES string of the molecule is [CH2]C(C)[CH]CC(=C)C. The Kier molecular flexibility index (Phi) is 3.59. The highest BCUT2D eigenvalue weighted by molar-refractivity contribution is 4.95. The van der Waals surface area contributed by atoms with Crippen molar-refractivity contribution < 1.29 is 0 Å². The zero-order valence-electron chi connectivity index (χ0n) is 5.78. The molecule has 0 spiro atoms. The van der Waals surface area contributed by atoms with Gasteiger partial charge in [-0.05, 0) is 25.7 Å². The standard InChI is InChI=1S/C8H14/c1-7(2)5-6-8(3)4/h5,7H,1,3,6H2,2,4H3. The summed E-state index contributed by atoms with van der Waals surface area (Å²) in [5.41, 5.74) is 1.21. The molecule has 0 aromatic heterocycles. The Morgan fingerprint density at radius 1 is 1.75 bits per heavy atom. The molecule has 0 heterocycles. The van der Waals surface area contributed by atoms with E-state index in [4.69, 9.17) is 0 Å². The number of hydrogen-bond acceptors (Lipinski definition) is 0. The van der Waals surface area contributed by atoms with E-state index in [0.29, 0.717) is 5.92 Å². The Labute approximate surface area is 52.6 Å². The summed E-state index contributed by atoms with van der Waals surface area (Å²) >= 11 is 0. The van der Waals surface area contributed by atoms with Crippen molar-refractivity contribution in [2.75, 3.05) is 0 Å². The normalized spacial score (nSPS) is 10.0. The molecule has 0 aromatic carbocycles. The van der Waals surface area contributed by atoms with Crippen molar-refractivity contribution in [1.82, 2.24) is 0 Å². The molecule has 0 heteroatoms. The van der Waals surface area contributed by atoms with Gasteiger partial charge in [-0.15, -0.1) is 6.58 Å². The molecule has 8 heavy (non-hydrogen) atoms. The van der Waals surface area contributed by atoms with Crippen molar-refractivity contribution in [1.29, 1.82) is 0 Å². The van der Waals surface area contributed by atoms with Gasteiger partial charge in [0.2, 0.25) is 0 Å². The number of allylic oxidation sites excluding steroid dienone is 1. The first kappa shape index (κ1) is 7.74. The molecule has 0 rings (SSSR count). The van der Waals surface area contributed by atoms with Gasteiger partial charge in [0.1, 0.15) is 0 Å². The highest BCUT2D eigenvalue weighted by Crippen LogP contribution is 2.06. The molecular weight excluding hydrogens is 96.1 g/mol. The van der Waals surface area contributed by atoms with Crippen molar-refractivity contribution in [3.63, 3.8) is 0 Å². The first-order valence-electron chi connectivity index (χ1n) is 2.93. The molecule has 0 aliphatic rings. The number of hydrogen-bond donors (Lipinski definition) is 0. The van der Waals surface area contributed by atoms with E-state index in [1.165, 1.54) is 5.57 Å². The first-order valence-corrected chi connectivity index (χ1v) is 2.93. The second kappa shape index (κ2) is 3.71. The zero-order chi connectivity index (χ0) is 6.57. The summed E-state index contributed by atoms with van der Waals surface area (Å²) in [4.78, 5) is 0. The second-order valence-corrected chi connectivity index (χ2v) is 2.37. The molecule has 0 bridgehead atoms. The molecule has 1 atom stereocenters. The summed E-state index contributed by atoms with van der Waals surface area (Å²) in [7, 11) is 0. The summed E-state index contributed by atoms with van der Waals surface area (Å²) in [5, 5.41) is 0. The molecule has 46 valence electrons. The highest BCUT2D eigenvalue weighted by Gasteiger charge is 1.92. The fourth-order valence-electron chi connectivity index (χ4n) is 0.402. The number of rotatable bonds is 3. The average molecular weight is 110 g/mol. The summed E-state index contributed by atoms with van der Waals surface area (Å²) in [5.74, 6) is 0.451. The molecule has 0 aromatic rings. The van der Waals surface area contributed by atoms with Crippen LogP contribution in [0.3, 0.4) is 0 Å². The summed E-state index contributed by atoms with van der Waals surface area (Å²) in [6.07, 6.45) is 3.16. The fourth-order valence-corrected chi connectivity index (χ4v) is 0.402. The van der Waals surface area contributed by atoms with Crippen molar-refractivity contribution in [3.05, 3.63) is 25.5 Å². The van der Waals surface area contributed by atoms with Gasteiger partial charge in [0.15, 0.2) is 0 Å². The van der Waals surface area contributed by atoms with E-state index in [1.807, 2.05) is 6.92 Å². The lowest BCUT2D eigenvalue weighted by Gasteiger charge is -2.00. The third-order valence-electron chi connectivity index (χ3n) is 0.869. The van der Waals surface area contributed by atoms with Crippen molar-refractivity contribution in [2.45, 2.75) is 20.3 Å². The largest absolute Gasteiger partial charge is 0.100 e. The van der Waals surface area contributed by atoms with Gasteiger partial charge in [0.25, 0.3) is 0 Å². The van der Waals surface area contributed by atoms with Crippen molar-refractivity contribution in [2.24, 2.45) is 5.92 Å². The van der Waals surface area contributed by atoms with Crippen LogP contribution in [0.5, 0.6) is 0 Å². The van der Waals surface area contributed by atoms with E-state index in [2.05, 4.69) is 26.8 Å². The maximum Gasteiger partial charge on any atom is -0.0292 e. The maximum atomic E-state index is 3.81. The van der Waals surface area contributed by atoms with Crippen LogP contribution in [0, 0.1) is 19.3 Å². The van der Waals surface area contributed by atoms with Gasteiger partial charge < -0.3 is 0 Å². The Hall–Kier alpha value is -0.260. The van der Waals surface area contributed by atoms with Crippen LogP contribution in [0.4, 0.5) is 0 Å². The smallest absolute Gasteiger partial charge is 0.0292 e. The van der Waals surface area contributed by atoms with Crippen LogP contribution < -0.4 is 0 Å². The van der Waals surface area contributed by atoms with Gasteiger partial charge in [-0.3, -0.25) is 0 Å². The van der Waals surface area contributed by atoms with Gasteiger partial charge in [-0.1, -0.05) is 19.4 Å². The minimum atomic E-state index is 0.451. The van der Waals surface area contributed by atoms with Gasteiger partial charge >= 0.3 is 0 Å². The highest BCUT2D eigenvalue weighted by atomic mass is 14.0. The maximum absolute atomic E-state index is 3.81. The quantitative estimate of drug-likeness (QED) is 0.490. The van der Waals surface area contributed by atoms with Gasteiger partial charge in [-0.25, -0.2) is 0 Å². The van der Waals surface area contributed by atoms with E-state index in [-0.39, 0.29) is 0 Å². The van der Waals surface area contributed by atoms with Gasteiger partial charge in [0.05, 0.1) is 0 Å². The molecule has 0 amide bonds. The molecule has 2 radical (unpaired) electrons. The lowest BCUT2D eigenvalue weighted by atomic mass is 10.1. The molecule has 0 saturated carbocycles.